The van der Waals surface area contributed by atoms with Gasteiger partial charge in [0.2, 0.25) is 11.8 Å². The third kappa shape index (κ3) is 3.92. The molecule has 180 valence electrons. The van der Waals surface area contributed by atoms with Gasteiger partial charge in [0.25, 0.3) is 0 Å². The topological polar surface area (TPSA) is 105 Å². The van der Waals surface area contributed by atoms with Gasteiger partial charge in [0.05, 0.1) is 47.9 Å². The standard InChI is InChI=1S/C24H31ClN2O6/c1-4-32-23(31)18-17-9-10-24(33-17)19(18)22(30)27(14(12-28)11-13(2)3)20(24)21(29)26-16-8-6-5-7-15(16)25/h5-8,13-14,17-20,28H,4,9-12H2,1-3H3,(H,26,29)/t14-,17+,18-,19+,20?,24?/m1/s1. The summed E-state index contributed by atoms with van der Waals surface area (Å²) in [4.78, 5) is 41.8. The van der Waals surface area contributed by atoms with Crippen LogP contribution in [0.4, 0.5) is 5.69 Å². The highest BCUT2D eigenvalue weighted by Gasteiger charge is 2.75. The maximum atomic E-state index is 13.8. The molecule has 33 heavy (non-hydrogen) atoms. The van der Waals surface area contributed by atoms with Crippen molar-refractivity contribution in [1.29, 1.82) is 0 Å². The monoisotopic (exact) mass is 478 g/mol. The van der Waals surface area contributed by atoms with Crippen LogP contribution in [0.5, 0.6) is 0 Å². The van der Waals surface area contributed by atoms with Gasteiger partial charge in [-0.3, -0.25) is 14.4 Å². The van der Waals surface area contributed by atoms with E-state index in [9.17, 15) is 19.5 Å². The number of nitrogens with zero attached hydrogens (tertiary/aromatic N) is 1. The number of carbonyl (C=O) groups excluding carboxylic acids is 3. The third-order valence-corrected chi connectivity index (χ3v) is 7.35. The minimum Gasteiger partial charge on any atom is -0.466 e. The molecule has 4 rings (SSSR count). The molecular weight excluding hydrogens is 448 g/mol. The van der Waals surface area contributed by atoms with Gasteiger partial charge in [-0.25, -0.2) is 0 Å². The Morgan fingerprint density at radius 3 is 2.73 bits per heavy atom. The number of rotatable bonds is 8. The Kier molecular flexibility index (Phi) is 6.71. The lowest BCUT2D eigenvalue weighted by Crippen LogP contribution is -2.56. The predicted octanol–water partition coefficient (Wildman–Crippen LogP) is 2.62. The molecule has 2 amide bonds. The highest BCUT2D eigenvalue weighted by molar-refractivity contribution is 6.33. The molecule has 1 aromatic rings. The minimum absolute atomic E-state index is 0.179. The Hall–Kier alpha value is -2.16. The lowest BCUT2D eigenvalue weighted by atomic mass is 9.70. The molecule has 3 fully saturated rings. The van der Waals surface area contributed by atoms with E-state index in [0.29, 0.717) is 30.0 Å². The number of ether oxygens (including phenoxy) is 2. The zero-order valence-electron chi connectivity index (χ0n) is 19.1. The van der Waals surface area contributed by atoms with Crippen LogP contribution in [0.3, 0.4) is 0 Å². The predicted molar refractivity (Wildman–Crippen MR) is 121 cm³/mol. The van der Waals surface area contributed by atoms with E-state index in [-0.39, 0.29) is 25.0 Å². The van der Waals surface area contributed by atoms with Gasteiger partial charge < -0.3 is 24.8 Å². The van der Waals surface area contributed by atoms with Crippen molar-refractivity contribution in [2.24, 2.45) is 17.8 Å². The molecule has 1 aromatic carbocycles. The molecule has 0 aromatic heterocycles. The van der Waals surface area contributed by atoms with Crippen LogP contribution in [-0.4, -0.2) is 64.8 Å². The number of fused-ring (bicyclic) bond motifs is 1. The number of carbonyl (C=O) groups is 3. The van der Waals surface area contributed by atoms with Crippen LogP contribution in [0.25, 0.3) is 0 Å². The highest BCUT2D eigenvalue weighted by Crippen LogP contribution is 2.59. The van der Waals surface area contributed by atoms with Gasteiger partial charge >= 0.3 is 5.97 Å². The van der Waals surface area contributed by atoms with Gasteiger partial charge in [0.1, 0.15) is 11.6 Å². The Morgan fingerprint density at radius 1 is 1.36 bits per heavy atom. The molecule has 3 aliphatic rings. The largest absolute Gasteiger partial charge is 0.466 e. The minimum atomic E-state index is -1.14. The van der Waals surface area contributed by atoms with E-state index in [1.165, 1.54) is 4.90 Å². The number of likely N-dealkylation sites (tertiary alicyclic amines) is 1. The molecule has 0 radical (unpaired) electrons. The number of aliphatic hydroxyl groups excluding tert-OH is 1. The summed E-state index contributed by atoms with van der Waals surface area (Å²) in [6, 6.07) is 5.29. The Morgan fingerprint density at radius 2 is 2.09 bits per heavy atom. The van der Waals surface area contributed by atoms with E-state index >= 15 is 0 Å². The van der Waals surface area contributed by atoms with E-state index in [0.717, 1.165) is 0 Å². The third-order valence-electron chi connectivity index (χ3n) is 7.02. The Labute approximate surface area is 198 Å². The second-order valence-electron chi connectivity index (χ2n) is 9.49. The molecule has 2 N–H and O–H groups in total. The number of hydrogen-bond donors (Lipinski definition) is 2. The van der Waals surface area contributed by atoms with Crippen LogP contribution in [0, 0.1) is 17.8 Å². The molecule has 0 saturated carbocycles. The number of nitrogens with one attached hydrogen (secondary N) is 1. The molecule has 6 atom stereocenters. The van der Waals surface area contributed by atoms with Crippen molar-refractivity contribution in [3.8, 4) is 0 Å². The average molecular weight is 479 g/mol. The molecule has 1 spiro atoms. The number of para-hydroxylation sites is 1. The first-order valence-corrected chi connectivity index (χ1v) is 12.0. The fraction of sp³-hybridized carbons (Fsp3) is 0.625. The fourth-order valence-corrected chi connectivity index (χ4v) is 6.06. The summed E-state index contributed by atoms with van der Waals surface area (Å²) in [5.41, 5.74) is -0.718. The van der Waals surface area contributed by atoms with Gasteiger partial charge in [-0.15, -0.1) is 0 Å². The van der Waals surface area contributed by atoms with Crippen LogP contribution in [0.2, 0.25) is 5.02 Å². The van der Waals surface area contributed by atoms with Crippen LogP contribution in [0.15, 0.2) is 24.3 Å². The van der Waals surface area contributed by atoms with Crippen LogP contribution in [-0.2, 0) is 23.9 Å². The van der Waals surface area contributed by atoms with Crippen molar-refractivity contribution in [2.75, 3.05) is 18.5 Å². The summed E-state index contributed by atoms with van der Waals surface area (Å²) in [5.74, 6) is -2.65. The molecule has 8 nitrogen and oxygen atoms in total. The van der Waals surface area contributed by atoms with Gasteiger partial charge in [-0.2, -0.15) is 0 Å². The summed E-state index contributed by atoms with van der Waals surface area (Å²) < 4.78 is 11.6. The van der Waals surface area contributed by atoms with Crippen molar-refractivity contribution in [1.82, 2.24) is 4.90 Å². The summed E-state index contributed by atoms with van der Waals surface area (Å²) in [7, 11) is 0. The van der Waals surface area contributed by atoms with Gasteiger partial charge in [-0.05, 0) is 44.2 Å². The molecule has 3 aliphatic heterocycles. The fourth-order valence-electron chi connectivity index (χ4n) is 5.87. The summed E-state index contributed by atoms with van der Waals surface area (Å²) >= 11 is 6.26. The van der Waals surface area contributed by atoms with Crippen molar-refractivity contribution in [3.05, 3.63) is 29.3 Å². The van der Waals surface area contributed by atoms with Crippen molar-refractivity contribution >= 4 is 35.1 Å². The molecule has 2 unspecified atom stereocenters. The summed E-state index contributed by atoms with van der Waals surface area (Å²) in [6.45, 7) is 5.60. The van der Waals surface area contributed by atoms with E-state index < -0.39 is 47.5 Å². The highest BCUT2D eigenvalue weighted by atomic mass is 35.5. The molecule has 3 heterocycles. The zero-order chi connectivity index (χ0) is 23.9. The molecule has 3 saturated heterocycles. The van der Waals surface area contributed by atoms with Gasteiger partial charge in [0.15, 0.2) is 0 Å². The quantitative estimate of drug-likeness (QED) is 0.556. The second kappa shape index (κ2) is 9.24. The summed E-state index contributed by atoms with van der Waals surface area (Å²) in [6.07, 6.45) is 1.08. The number of esters is 1. The smallest absolute Gasteiger partial charge is 0.312 e. The average Bonchev–Trinajstić information content (AvgIpc) is 3.41. The van der Waals surface area contributed by atoms with Gasteiger partial charge in [0, 0.05) is 0 Å². The number of anilines is 1. The Balaban J connectivity index is 1.75. The second-order valence-corrected chi connectivity index (χ2v) is 9.90. The zero-order valence-corrected chi connectivity index (χ0v) is 19.9. The number of halogens is 1. The number of hydrogen-bond acceptors (Lipinski definition) is 6. The molecule has 9 heteroatoms. The molecule has 2 bridgehead atoms. The first kappa shape index (κ1) is 24.0. The number of aliphatic hydroxyl groups is 1. The van der Waals surface area contributed by atoms with Crippen molar-refractivity contribution in [3.63, 3.8) is 0 Å². The first-order valence-electron chi connectivity index (χ1n) is 11.6. The van der Waals surface area contributed by atoms with Crippen LogP contribution in [0.1, 0.15) is 40.0 Å². The number of amides is 2. The van der Waals surface area contributed by atoms with Crippen LogP contribution >= 0.6 is 11.6 Å². The first-order chi connectivity index (χ1) is 15.7. The lowest BCUT2D eigenvalue weighted by molar-refractivity contribution is -0.155. The lowest BCUT2D eigenvalue weighted by Gasteiger charge is -2.37. The van der Waals surface area contributed by atoms with Gasteiger partial charge in [-0.1, -0.05) is 37.6 Å². The van der Waals surface area contributed by atoms with E-state index in [2.05, 4.69) is 5.32 Å². The van der Waals surface area contributed by atoms with Crippen molar-refractivity contribution < 1.29 is 29.0 Å². The van der Waals surface area contributed by atoms with E-state index in [4.69, 9.17) is 21.1 Å². The number of benzene rings is 1. The maximum Gasteiger partial charge on any atom is 0.312 e. The van der Waals surface area contributed by atoms with Crippen LogP contribution < -0.4 is 5.32 Å². The molecular formula is C24H31ClN2O6. The van der Waals surface area contributed by atoms with E-state index in [1.807, 2.05) is 13.8 Å². The van der Waals surface area contributed by atoms with Crippen molar-refractivity contribution in [2.45, 2.75) is 63.8 Å². The maximum absolute atomic E-state index is 13.8. The molecule has 0 aliphatic carbocycles. The normalized spacial score (nSPS) is 31.1. The SMILES string of the molecule is CCOC(=O)[C@@H]1[C@@H]2CCC3(O2)C(C(=O)Nc2ccccc2Cl)N([C@@H](CO)CC(C)C)C(=O)[C@H]13. The Bertz CT molecular complexity index is 939. The van der Waals surface area contributed by atoms with E-state index in [1.54, 1.807) is 31.2 Å². The summed E-state index contributed by atoms with van der Waals surface area (Å²) in [5, 5.41) is 13.4.